The first-order valence-electron chi connectivity index (χ1n) is 5.35. The van der Waals surface area contributed by atoms with Crippen LogP contribution in [-0.4, -0.2) is 12.9 Å². The summed E-state index contributed by atoms with van der Waals surface area (Å²) in [4.78, 5) is 12.1. The van der Waals surface area contributed by atoms with E-state index in [4.69, 9.17) is 9.15 Å². The molecular weight excluding hydrogens is 216 g/mol. The summed E-state index contributed by atoms with van der Waals surface area (Å²) in [7, 11) is 1.63. The van der Waals surface area contributed by atoms with Gasteiger partial charge in [-0.3, -0.25) is 4.79 Å². The van der Waals surface area contributed by atoms with Gasteiger partial charge in [0.1, 0.15) is 12.0 Å². The van der Waals surface area contributed by atoms with Crippen molar-refractivity contribution in [3.05, 3.63) is 53.0 Å². The molecule has 0 fully saturated rings. The predicted octanol–water partition coefficient (Wildman–Crippen LogP) is 3.14. The number of ketones is 1. The molecule has 0 spiro atoms. The Hall–Kier alpha value is -2.03. The van der Waals surface area contributed by atoms with Crippen LogP contribution in [-0.2, 0) is 0 Å². The molecule has 2 aromatic rings. The number of hydrogen-bond donors (Lipinski definition) is 0. The Bertz CT molecular complexity index is 516. The smallest absolute Gasteiger partial charge is 0.196 e. The third kappa shape index (κ3) is 2.09. The van der Waals surface area contributed by atoms with Crippen LogP contribution in [0.2, 0.25) is 0 Å². The Labute approximate surface area is 100 Å². The monoisotopic (exact) mass is 230 g/mol. The van der Waals surface area contributed by atoms with Gasteiger partial charge in [0.15, 0.2) is 5.78 Å². The van der Waals surface area contributed by atoms with E-state index in [9.17, 15) is 4.79 Å². The van der Waals surface area contributed by atoms with Crippen LogP contribution in [0.4, 0.5) is 0 Å². The molecular formula is C14H14O3. The highest BCUT2D eigenvalue weighted by molar-refractivity contribution is 6.09. The summed E-state index contributed by atoms with van der Waals surface area (Å²) >= 11 is 0. The van der Waals surface area contributed by atoms with Crippen LogP contribution in [0, 0.1) is 13.8 Å². The molecule has 0 amide bonds. The fourth-order valence-electron chi connectivity index (χ4n) is 1.96. The SMILES string of the molecule is COc1c(C)cc(C(=O)c2ccoc2)cc1C. The summed E-state index contributed by atoms with van der Waals surface area (Å²) in [6.45, 7) is 3.86. The Morgan fingerprint density at radius 2 is 1.82 bits per heavy atom. The molecule has 0 aliphatic heterocycles. The molecule has 17 heavy (non-hydrogen) atoms. The molecule has 1 aromatic heterocycles. The molecule has 0 saturated carbocycles. The molecule has 88 valence electrons. The number of carbonyl (C=O) groups excluding carboxylic acids is 1. The van der Waals surface area contributed by atoms with Gasteiger partial charge in [-0.05, 0) is 43.2 Å². The number of rotatable bonds is 3. The second kappa shape index (κ2) is 4.45. The van der Waals surface area contributed by atoms with Crippen LogP contribution in [0.1, 0.15) is 27.0 Å². The van der Waals surface area contributed by atoms with Crippen molar-refractivity contribution in [2.45, 2.75) is 13.8 Å². The van der Waals surface area contributed by atoms with Crippen LogP contribution < -0.4 is 4.74 Å². The van der Waals surface area contributed by atoms with E-state index in [-0.39, 0.29) is 5.78 Å². The third-order valence-corrected chi connectivity index (χ3v) is 2.71. The van der Waals surface area contributed by atoms with Crippen molar-refractivity contribution in [1.82, 2.24) is 0 Å². The van der Waals surface area contributed by atoms with Crippen LogP contribution in [0.15, 0.2) is 35.1 Å². The number of hydrogen-bond acceptors (Lipinski definition) is 3. The summed E-state index contributed by atoms with van der Waals surface area (Å²) in [6, 6.07) is 5.33. The van der Waals surface area contributed by atoms with E-state index in [0.717, 1.165) is 16.9 Å². The first-order valence-corrected chi connectivity index (χ1v) is 5.35. The lowest BCUT2D eigenvalue weighted by Gasteiger charge is -2.10. The van der Waals surface area contributed by atoms with Gasteiger partial charge < -0.3 is 9.15 Å². The number of aryl methyl sites for hydroxylation is 2. The number of benzene rings is 1. The van der Waals surface area contributed by atoms with Gasteiger partial charge in [-0.2, -0.15) is 0 Å². The normalized spacial score (nSPS) is 10.3. The van der Waals surface area contributed by atoms with Gasteiger partial charge in [-0.15, -0.1) is 0 Å². The van der Waals surface area contributed by atoms with Crippen molar-refractivity contribution >= 4 is 5.78 Å². The fraction of sp³-hybridized carbons (Fsp3) is 0.214. The minimum absolute atomic E-state index is 0.0346. The van der Waals surface area contributed by atoms with Crippen molar-refractivity contribution < 1.29 is 13.9 Å². The van der Waals surface area contributed by atoms with Gasteiger partial charge in [0.2, 0.25) is 0 Å². The number of carbonyl (C=O) groups is 1. The molecule has 3 heteroatoms. The Kier molecular flexibility index (Phi) is 3.00. The molecule has 0 radical (unpaired) electrons. The van der Waals surface area contributed by atoms with Crippen molar-refractivity contribution in [3.8, 4) is 5.75 Å². The summed E-state index contributed by atoms with van der Waals surface area (Å²) in [6.07, 6.45) is 2.95. The first kappa shape index (κ1) is 11.5. The van der Waals surface area contributed by atoms with E-state index in [2.05, 4.69) is 0 Å². The quantitative estimate of drug-likeness (QED) is 0.760. The van der Waals surface area contributed by atoms with Gasteiger partial charge >= 0.3 is 0 Å². The molecule has 0 aliphatic rings. The maximum absolute atomic E-state index is 12.1. The van der Waals surface area contributed by atoms with Gasteiger partial charge in [0.05, 0.1) is 18.9 Å². The lowest BCUT2D eigenvalue weighted by molar-refractivity contribution is 0.103. The third-order valence-electron chi connectivity index (χ3n) is 2.71. The molecule has 2 rings (SSSR count). The average Bonchev–Trinajstić information content (AvgIpc) is 2.81. The highest BCUT2D eigenvalue weighted by Crippen LogP contribution is 2.25. The van der Waals surface area contributed by atoms with Crippen molar-refractivity contribution in [1.29, 1.82) is 0 Å². The average molecular weight is 230 g/mol. The molecule has 0 aliphatic carbocycles. The zero-order valence-electron chi connectivity index (χ0n) is 10.1. The Morgan fingerprint density at radius 3 is 2.29 bits per heavy atom. The van der Waals surface area contributed by atoms with Gasteiger partial charge in [-0.1, -0.05) is 0 Å². The van der Waals surface area contributed by atoms with Crippen molar-refractivity contribution in [3.63, 3.8) is 0 Å². The van der Waals surface area contributed by atoms with E-state index in [1.165, 1.54) is 12.5 Å². The summed E-state index contributed by atoms with van der Waals surface area (Å²) in [5, 5.41) is 0. The fourth-order valence-corrected chi connectivity index (χ4v) is 1.96. The molecule has 1 aromatic carbocycles. The lowest BCUT2D eigenvalue weighted by atomic mass is 10.00. The predicted molar refractivity (Wildman–Crippen MR) is 64.6 cm³/mol. The van der Waals surface area contributed by atoms with E-state index >= 15 is 0 Å². The molecule has 0 N–H and O–H groups in total. The standard InChI is InChI=1S/C14H14O3/c1-9-6-12(7-10(2)14(9)16-3)13(15)11-4-5-17-8-11/h4-8H,1-3H3. The molecule has 0 atom stereocenters. The number of ether oxygens (including phenoxy) is 1. The summed E-state index contributed by atoms with van der Waals surface area (Å²) in [5.74, 6) is 0.793. The lowest BCUT2D eigenvalue weighted by Crippen LogP contribution is -2.02. The number of methoxy groups -OCH3 is 1. The zero-order chi connectivity index (χ0) is 12.4. The van der Waals surface area contributed by atoms with Crippen LogP contribution in [0.3, 0.4) is 0 Å². The van der Waals surface area contributed by atoms with Crippen LogP contribution in [0.25, 0.3) is 0 Å². The highest BCUT2D eigenvalue weighted by atomic mass is 16.5. The Morgan fingerprint density at radius 1 is 1.18 bits per heavy atom. The van der Waals surface area contributed by atoms with E-state index in [1.807, 2.05) is 26.0 Å². The zero-order valence-corrected chi connectivity index (χ0v) is 10.1. The first-order chi connectivity index (χ1) is 8.13. The summed E-state index contributed by atoms with van der Waals surface area (Å²) < 4.78 is 10.2. The molecule has 0 bridgehead atoms. The maximum Gasteiger partial charge on any atom is 0.196 e. The van der Waals surface area contributed by atoms with Crippen LogP contribution in [0.5, 0.6) is 5.75 Å². The van der Waals surface area contributed by atoms with Gasteiger partial charge in [0.25, 0.3) is 0 Å². The van der Waals surface area contributed by atoms with Crippen LogP contribution >= 0.6 is 0 Å². The molecule has 0 unspecified atom stereocenters. The summed E-state index contributed by atoms with van der Waals surface area (Å²) in [5.41, 5.74) is 3.13. The van der Waals surface area contributed by atoms with Crippen molar-refractivity contribution in [2.75, 3.05) is 7.11 Å². The van der Waals surface area contributed by atoms with E-state index in [1.54, 1.807) is 13.2 Å². The van der Waals surface area contributed by atoms with Crippen molar-refractivity contribution in [2.24, 2.45) is 0 Å². The van der Waals surface area contributed by atoms with E-state index in [0.29, 0.717) is 11.1 Å². The van der Waals surface area contributed by atoms with Gasteiger partial charge in [-0.25, -0.2) is 0 Å². The number of furan rings is 1. The second-order valence-electron chi connectivity index (χ2n) is 3.98. The largest absolute Gasteiger partial charge is 0.496 e. The molecule has 1 heterocycles. The van der Waals surface area contributed by atoms with Gasteiger partial charge in [0, 0.05) is 5.56 Å². The molecule has 0 saturated heterocycles. The van der Waals surface area contributed by atoms with E-state index < -0.39 is 0 Å². The topological polar surface area (TPSA) is 39.4 Å². The minimum Gasteiger partial charge on any atom is -0.496 e. The second-order valence-corrected chi connectivity index (χ2v) is 3.98. The minimum atomic E-state index is -0.0346. The maximum atomic E-state index is 12.1. The highest BCUT2D eigenvalue weighted by Gasteiger charge is 2.13. The Balaban J connectivity index is 2.44. The molecule has 3 nitrogen and oxygen atoms in total.